The maximum atomic E-state index is 12.9. The van der Waals surface area contributed by atoms with E-state index in [0.717, 1.165) is 77.9 Å². The van der Waals surface area contributed by atoms with Crippen LogP contribution in [0.1, 0.15) is 109 Å². The maximum absolute atomic E-state index is 12.9. The maximum Gasteiger partial charge on any atom is 0.282 e. The highest BCUT2D eigenvalue weighted by Crippen LogP contribution is 2.39. The zero-order chi connectivity index (χ0) is 33.8. The summed E-state index contributed by atoms with van der Waals surface area (Å²) < 4.78 is 1.47. The van der Waals surface area contributed by atoms with Crippen LogP contribution in [0, 0.1) is 36.5 Å². The normalized spacial score (nSPS) is 18.0. The minimum atomic E-state index is -0.308. The standard InChI is InChI=1S/C21H26N4O.C16H22N4O/c1-12-8-13(2)25(24-12)20(26)16-11-22-18-10-14-9-15(21(3,4)5)6-7-17(14)23-19(16)18;1-16(2,3)10-4-5-12-9(6-10)7-13-14(19-12)11(8-18-13)15(21)20-17/h8,10-11,15,22H,6-7,9H2,1-5H3;7-8,10,18H,4-6,17H2,1-3H3,(H,20,21). The van der Waals surface area contributed by atoms with Crippen LogP contribution in [0.25, 0.3) is 22.1 Å². The number of rotatable bonds is 2. The molecule has 0 fully saturated rings. The first-order valence-corrected chi connectivity index (χ1v) is 16.7. The molecule has 47 heavy (non-hydrogen) atoms. The number of fused-ring (bicyclic) bond motifs is 4. The van der Waals surface area contributed by atoms with Crippen LogP contribution in [-0.2, 0) is 25.7 Å². The first-order chi connectivity index (χ1) is 22.1. The largest absolute Gasteiger partial charge is 0.359 e. The SMILES string of the molecule is CC(C)(C)C1CCc2nc3c(C(=O)NN)c[nH]c3cc2C1.Cc1cc(C)n(C(=O)c2c[nH]c3cc4c(nc23)CCC(C(C)(C)C)C4)n1. The van der Waals surface area contributed by atoms with Gasteiger partial charge in [0.05, 0.1) is 27.9 Å². The number of hydrazine groups is 1. The van der Waals surface area contributed by atoms with Crippen molar-refractivity contribution < 1.29 is 9.59 Å². The Balaban J connectivity index is 0.000000168. The van der Waals surface area contributed by atoms with E-state index in [2.05, 4.69) is 74.2 Å². The van der Waals surface area contributed by atoms with Crippen molar-refractivity contribution >= 4 is 33.9 Å². The molecule has 5 N–H and O–H groups in total. The highest BCUT2D eigenvalue weighted by Gasteiger charge is 2.31. The Morgan fingerprint density at radius 3 is 1.74 bits per heavy atom. The summed E-state index contributed by atoms with van der Waals surface area (Å²) in [5.74, 6) is 6.12. The first kappa shape index (κ1) is 32.6. The molecule has 0 saturated carbocycles. The third kappa shape index (κ3) is 6.35. The average molecular weight is 637 g/mol. The topological polar surface area (TPSA) is 147 Å². The predicted octanol–water partition coefficient (Wildman–Crippen LogP) is 6.53. The second kappa shape index (κ2) is 12.0. The van der Waals surface area contributed by atoms with Gasteiger partial charge in [0.25, 0.3) is 11.8 Å². The van der Waals surface area contributed by atoms with Crippen molar-refractivity contribution in [2.75, 3.05) is 0 Å². The third-order valence-corrected chi connectivity index (χ3v) is 10.3. The van der Waals surface area contributed by atoms with Crippen molar-refractivity contribution in [3.8, 4) is 0 Å². The summed E-state index contributed by atoms with van der Waals surface area (Å²) in [5, 5.41) is 4.32. The van der Waals surface area contributed by atoms with Gasteiger partial charge in [-0.3, -0.25) is 25.0 Å². The summed E-state index contributed by atoms with van der Waals surface area (Å²) in [6.45, 7) is 17.6. The number of nitrogen functional groups attached to an aromatic ring is 1. The van der Waals surface area contributed by atoms with E-state index in [4.69, 9.17) is 15.8 Å². The lowest BCUT2D eigenvalue weighted by Crippen LogP contribution is -2.30. The summed E-state index contributed by atoms with van der Waals surface area (Å²) in [7, 11) is 0. The second-order valence-corrected chi connectivity index (χ2v) is 15.6. The first-order valence-electron chi connectivity index (χ1n) is 16.7. The number of nitrogens with zero attached hydrogens (tertiary/aromatic N) is 4. The molecule has 2 unspecified atom stereocenters. The fourth-order valence-corrected chi connectivity index (χ4v) is 7.24. The molecule has 5 aromatic rings. The Hall–Kier alpha value is -4.31. The molecule has 0 radical (unpaired) electrons. The van der Waals surface area contributed by atoms with Crippen molar-refractivity contribution in [3.63, 3.8) is 0 Å². The lowest BCUT2D eigenvalue weighted by atomic mass is 9.71. The van der Waals surface area contributed by atoms with Gasteiger partial charge in [0.15, 0.2) is 0 Å². The number of nitrogens with one attached hydrogen (secondary N) is 3. The number of hydrogen-bond acceptors (Lipinski definition) is 6. The van der Waals surface area contributed by atoms with Gasteiger partial charge in [-0.25, -0.2) is 10.5 Å². The zero-order valence-corrected chi connectivity index (χ0v) is 29.0. The highest BCUT2D eigenvalue weighted by atomic mass is 16.2. The summed E-state index contributed by atoms with van der Waals surface area (Å²) in [5.41, 5.74) is 13.8. The Morgan fingerprint density at radius 2 is 1.30 bits per heavy atom. The van der Waals surface area contributed by atoms with Crippen LogP contribution < -0.4 is 11.3 Å². The van der Waals surface area contributed by atoms with Crippen LogP contribution in [0.5, 0.6) is 0 Å². The molecule has 248 valence electrons. The van der Waals surface area contributed by atoms with Crippen LogP contribution in [-0.4, -0.2) is 41.5 Å². The predicted molar refractivity (Wildman–Crippen MR) is 185 cm³/mol. The van der Waals surface area contributed by atoms with E-state index in [9.17, 15) is 9.59 Å². The van der Waals surface area contributed by atoms with Gasteiger partial charge in [-0.2, -0.15) is 5.10 Å². The van der Waals surface area contributed by atoms with Crippen LogP contribution in [0.3, 0.4) is 0 Å². The molecule has 0 bridgehead atoms. The number of carbonyl (C=O) groups excluding carboxylic acids is 2. The van der Waals surface area contributed by atoms with Crippen molar-refractivity contribution in [2.45, 2.75) is 93.9 Å². The summed E-state index contributed by atoms with van der Waals surface area (Å²) in [6.07, 6.45) is 9.81. The monoisotopic (exact) mass is 636 g/mol. The molecule has 2 aliphatic carbocycles. The van der Waals surface area contributed by atoms with Crippen molar-refractivity contribution in [3.05, 3.63) is 75.6 Å². The van der Waals surface area contributed by atoms with E-state index in [1.807, 2.05) is 19.9 Å². The summed E-state index contributed by atoms with van der Waals surface area (Å²) in [6, 6.07) is 6.24. The van der Waals surface area contributed by atoms with Gasteiger partial charge < -0.3 is 9.97 Å². The van der Waals surface area contributed by atoms with Gasteiger partial charge in [0.2, 0.25) is 0 Å². The Kier molecular flexibility index (Phi) is 8.36. The number of amides is 1. The van der Waals surface area contributed by atoms with Crippen molar-refractivity contribution in [1.29, 1.82) is 0 Å². The molecule has 0 spiro atoms. The van der Waals surface area contributed by atoms with Crippen molar-refractivity contribution in [1.82, 2.24) is 35.1 Å². The Morgan fingerprint density at radius 1 is 0.809 bits per heavy atom. The van der Waals surface area contributed by atoms with E-state index in [1.54, 1.807) is 12.4 Å². The quantitative estimate of drug-likeness (QED) is 0.0984. The van der Waals surface area contributed by atoms with Gasteiger partial charge in [0, 0.05) is 29.5 Å². The molecule has 10 heteroatoms. The number of aromatic amines is 2. The van der Waals surface area contributed by atoms with Gasteiger partial charge >= 0.3 is 0 Å². The highest BCUT2D eigenvalue weighted by molar-refractivity contribution is 6.06. The second-order valence-electron chi connectivity index (χ2n) is 15.6. The molecule has 2 aliphatic rings. The lowest BCUT2D eigenvalue weighted by Gasteiger charge is -2.34. The van der Waals surface area contributed by atoms with Gasteiger partial charge in [-0.05, 0) is 104 Å². The van der Waals surface area contributed by atoms with Gasteiger partial charge in [-0.15, -0.1) is 0 Å². The smallest absolute Gasteiger partial charge is 0.282 e. The number of hydrogen-bond donors (Lipinski definition) is 4. The Labute approximate surface area is 276 Å². The zero-order valence-electron chi connectivity index (χ0n) is 29.0. The Bertz CT molecular complexity index is 1980. The minimum absolute atomic E-state index is 0.127. The van der Waals surface area contributed by atoms with E-state index >= 15 is 0 Å². The van der Waals surface area contributed by atoms with Crippen LogP contribution >= 0.6 is 0 Å². The van der Waals surface area contributed by atoms with E-state index < -0.39 is 0 Å². The molecule has 7 rings (SSSR count). The number of carbonyl (C=O) groups is 2. The molecule has 2 atom stereocenters. The number of pyridine rings is 2. The van der Waals surface area contributed by atoms with Crippen LogP contribution in [0.2, 0.25) is 0 Å². The van der Waals surface area contributed by atoms with Crippen LogP contribution in [0.15, 0.2) is 30.6 Å². The number of aromatic nitrogens is 6. The molecule has 0 saturated heterocycles. The fraction of sp³-hybridized carbons (Fsp3) is 0.486. The number of nitrogens with two attached hydrogens (primary N) is 1. The van der Waals surface area contributed by atoms with E-state index in [0.29, 0.717) is 39.3 Å². The molecular formula is C37H48N8O2. The molecule has 0 aliphatic heterocycles. The lowest BCUT2D eigenvalue weighted by molar-refractivity contribution is 0.0939. The molecule has 0 aromatic carbocycles. The number of H-pyrrole nitrogens is 2. The molecule has 1 amide bonds. The minimum Gasteiger partial charge on any atom is -0.359 e. The number of aryl methyl sites for hydroxylation is 4. The molecule has 5 heterocycles. The van der Waals surface area contributed by atoms with E-state index in [1.165, 1.54) is 15.8 Å². The summed E-state index contributed by atoms with van der Waals surface area (Å²) in [4.78, 5) is 40.7. The fourth-order valence-electron chi connectivity index (χ4n) is 7.24. The third-order valence-electron chi connectivity index (χ3n) is 10.3. The van der Waals surface area contributed by atoms with E-state index in [-0.39, 0.29) is 11.8 Å². The van der Waals surface area contributed by atoms with Crippen molar-refractivity contribution in [2.24, 2.45) is 28.5 Å². The molecule has 10 nitrogen and oxygen atoms in total. The molecular weight excluding hydrogens is 588 g/mol. The van der Waals surface area contributed by atoms with Crippen LogP contribution in [0.4, 0.5) is 0 Å². The average Bonchev–Trinajstić information content (AvgIpc) is 3.72. The van der Waals surface area contributed by atoms with Gasteiger partial charge in [-0.1, -0.05) is 41.5 Å². The molecule has 5 aromatic heterocycles. The van der Waals surface area contributed by atoms with Gasteiger partial charge in [0.1, 0.15) is 11.0 Å². The summed E-state index contributed by atoms with van der Waals surface area (Å²) >= 11 is 0.